The van der Waals surface area contributed by atoms with Gasteiger partial charge in [-0.1, -0.05) is 12.1 Å². The van der Waals surface area contributed by atoms with Crippen LogP contribution in [-0.4, -0.2) is 35.1 Å². The van der Waals surface area contributed by atoms with E-state index in [4.69, 9.17) is 4.52 Å². The van der Waals surface area contributed by atoms with Crippen molar-refractivity contribution in [3.8, 4) is 0 Å². The molecular weight excluding hydrogens is 206 g/mol. The monoisotopic (exact) mass is 223 g/mol. The van der Waals surface area contributed by atoms with Gasteiger partial charge in [0.2, 0.25) is 5.91 Å². The van der Waals surface area contributed by atoms with Gasteiger partial charge in [0.25, 0.3) is 0 Å². The maximum atomic E-state index is 12.0. The number of nitrogens with one attached hydrogen (secondary N) is 1. The summed E-state index contributed by atoms with van der Waals surface area (Å²) >= 11 is 0. The molecule has 1 aliphatic rings. The second kappa shape index (κ2) is 5.12. The van der Waals surface area contributed by atoms with E-state index in [9.17, 15) is 4.79 Å². The van der Waals surface area contributed by atoms with Crippen LogP contribution >= 0.6 is 0 Å². The van der Waals surface area contributed by atoms with E-state index in [2.05, 4.69) is 10.5 Å². The van der Waals surface area contributed by atoms with Crippen molar-refractivity contribution in [2.24, 2.45) is 0 Å². The molecule has 0 aliphatic carbocycles. The number of likely N-dealkylation sites (tertiary alicyclic amines) is 1. The largest absolute Gasteiger partial charge is 0.364 e. The first-order valence-electron chi connectivity index (χ1n) is 5.72. The van der Waals surface area contributed by atoms with E-state index in [1.165, 1.54) is 6.26 Å². The molecule has 0 radical (unpaired) electrons. The van der Waals surface area contributed by atoms with Gasteiger partial charge in [-0.05, 0) is 19.4 Å². The van der Waals surface area contributed by atoms with Crippen LogP contribution in [0.25, 0.3) is 0 Å². The number of hydrogen-bond donors (Lipinski definition) is 1. The summed E-state index contributed by atoms with van der Waals surface area (Å²) in [6.07, 6.45) is 3.51. The van der Waals surface area contributed by atoms with E-state index in [0.717, 1.165) is 31.6 Å². The molecule has 1 atom stereocenters. The molecule has 1 unspecified atom stereocenters. The van der Waals surface area contributed by atoms with E-state index < -0.39 is 0 Å². The second-order valence-electron chi connectivity index (χ2n) is 4.00. The Labute approximate surface area is 94.8 Å². The highest BCUT2D eigenvalue weighted by Gasteiger charge is 2.28. The number of carbonyl (C=O) groups excluding carboxylic acids is 1. The summed E-state index contributed by atoms with van der Waals surface area (Å²) in [5, 5.41) is 7.04. The third-order valence-corrected chi connectivity index (χ3v) is 2.83. The smallest absolute Gasteiger partial charge is 0.240 e. The summed E-state index contributed by atoms with van der Waals surface area (Å²) in [7, 11) is 0. The van der Waals surface area contributed by atoms with E-state index in [1.54, 1.807) is 6.07 Å². The number of carbonyl (C=O) groups is 1. The lowest BCUT2D eigenvalue weighted by Gasteiger charge is -2.32. The lowest BCUT2D eigenvalue weighted by Crippen LogP contribution is -2.50. The third-order valence-electron chi connectivity index (χ3n) is 2.83. The lowest BCUT2D eigenvalue weighted by atomic mass is 10.0. The molecule has 1 aromatic rings. The van der Waals surface area contributed by atoms with Crippen LogP contribution < -0.4 is 5.32 Å². The molecule has 0 bridgehead atoms. The predicted molar refractivity (Wildman–Crippen MR) is 58.6 cm³/mol. The summed E-state index contributed by atoms with van der Waals surface area (Å²) in [6, 6.07) is 1.77. The van der Waals surface area contributed by atoms with Crippen molar-refractivity contribution in [3.63, 3.8) is 0 Å². The van der Waals surface area contributed by atoms with Crippen LogP contribution in [-0.2, 0) is 11.3 Å². The van der Waals surface area contributed by atoms with Gasteiger partial charge in [-0.2, -0.15) is 0 Å². The number of aromatic nitrogens is 1. The van der Waals surface area contributed by atoms with Gasteiger partial charge in [-0.3, -0.25) is 4.79 Å². The lowest BCUT2D eigenvalue weighted by molar-refractivity contribution is -0.136. The molecule has 1 fully saturated rings. The van der Waals surface area contributed by atoms with Gasteiger partial charge in [-0.25, -0.2) is 0 Å². The van der Waals surface area contributed by atoms with Crippen molar-refractivity contribution >= 4 is 5.91 Å². The van der Waals surface area contributed by atoms with Crippen LogP contribution in [0.1, 0.15) is 25.5 Å². The van der Waals surface area contributed by atoms with Crippen LogP contribution in [0.3, 0.4) is 0 Å². The van der Waals surface area contributed by atoms with Gasteiger partial charge in [0, 0.05) is 12.6 Å². The van der Waals surface area contributed by atoms with Crippen LogP contribution in [0.2, 0.25) is 0 Å². The molecule has 0 saturated carbocycles. The molecule has 16 heavy (non-hydrogen) atoms. The Balaban J connectivity index is 1.96. The third kappa shape index (κ3) is 2.41. The van der Waals surface area contributed by atoms with Crippen LogP contribution in [0.4, 0.5) is 0 Å². The normalized spacial score (nSPS) is 21.4. The van der Waals surface area contributed by atoms with Gasteiger partial charge in [-0.15, -0.1) is 0 Å². The van der Waals surface area contributed by atoms with Crippen molar-refractivity contribution in [1.82, 2.24) is 15.4 Å². The Bertz CT molecular complexity index is 335. The summed E-state index contributed by atoms with van der Waals surface area (Å²) in [5.41, 5.74) is 0.811. The quantitative estimate of drug-likeness (QED) is 0.819. The molecule has 2 heterocycles. The summed E-state index contributed by atoms with van der Waals surface area (Å²) in [6.45, 7) is 4.21. The Morgan fingerprint density at radius 2 is 2.56 bits per heavy atom. The standard InChI is InChI=1S/C11H17N3O2/c1-2-12-10-4-3-6-14(11(10)15)8-9-5-7-16-13-9/h5,7,10,12H,2-4,6,8H2,1H3. The second-order valence-corrected chi connectivity index (χ2v) is 4.00. The van der Waals surface area contributed by atoms with Crippen LogP contribution in [0.5, 0.6) is 0 Å². The van der Waals surface area contributed by atoms with Crippen molar-refractivity contribution in [1.29, 1.82) is 0 Å². The first-order valence-corrected chi connectivity index (χ1v) is 5.72. The zero-order valence-corrected chi connectivity index (χ0v) is 9.48. The van der Waals surface area contributed by atoms with E-state index in [0.29, 0.717) is 6.54 Å². The average molecular weight is 223 g/mol. The summed E-state index contributed by atoms with van der Waals surface area (Å²) in [5.74, 6) is 0.177. The minimum Gasteiger partial charge on any atom is -0.364 e. The van der Waals surface area contributed by atoms with Crippen molar-refractivity contribution in [3.05, 3.63) is 18.0 Å². The number of rotatable bonds is 4. The molecule has 1 aromatic heterocycles. The highest BCUT2D eigenvalue weighted by atomic mass is 16.5. The number of piperidine rings is 1. The van der Waals surface area contributed by atoms with E-state index in [-0.39, 0.29) is 11.9 Å². The first kappa shape index (κ1) is 11.1. The summed E-state index contributed by atoms with van der Waals surface area (Å²) in [4.78, 5) is 13.9. The molecule has 5 heteroatoms. The maximum Gasteiger partial charge on any atom is 0.240 e. The molecule has 5 nitrogen and oxygen atoms in total. The van der Waals surface area contributed by atoms with E-state index in [1.807, 2.05) is 11.8 Å². The Morgan fingerprint density at radius 1 is 1.69 bits per heavy atom. The van der Waals surface area contributed by atoms with Gasteiger partial charge >= 0.3 is 0 Å². The Hall–Kier alpha value is -1.36. The molecule has 2 rings (SSSR count). The minimum atomic E-state index is -0.0225. The van der Waals surface area contributed by atoms with Crippen molar-refractivity contribution in [2.45, 2.75) is 32.4 Å². The van der Waals surface area contributed by atoms with Gasteiger partial charge in [0.05, 0.1) is 12.6 Å². The Kier molecular flexibility index (Phi) is 3.56. The molecule has 1 amide bonds. The molecule has 0 spiro atoms. The maximum absolute atomic E-state index is 12.0. The SMILES string of the molecule is CCNC1CCCN(Cc2ccon2)C1=O. The number of hydrogen-bond acceptors (Lipinski definition) is 4. The zero-order valence-electron chi connectivity index (χ0n) is 9.48. The highest BCUT2D eigenvalue weighted by molar-refractivity contribution is 5.82. The molecule has 1 N–H and O–H groups in total. The number of likely N-dealkylation sites (N-methyl/N-ethyl adjacent to an activating group) is 1. The molecule has 1 saturated heterocycles. The molecule has 88 valence electrons. The highest BCUT2D eigenvalue weighted by Crippen LogP contribution is 2.14. The van der Waals surface area contributed by atoms with Gasteiger partial charge < -0.3 is 14.7 Å². The van der Waals surface area contributed by atoms with Gasteiger partial charge in [0.1, 0.15) is 12.0 Å². The average Bonchev–Trinajstić information content (AvgIpc) is 2.77. The fourth-order valence-electron chi connectivity index (χ4n) is 2.05. The Morgan fingerprint density at radius 3 is 3.25 bits per heavy atom. The fourth-order valence-corrected chi connectivity index (χ4v) is 2.05. The summed E-state index contributed by atoms with van der Waals surface area (Å²) < 4.78 is 4.76. The zero-order chi connectivity index (χ0) is 11.4. The van der Waals surface area contributed by atoms with Crippen molar-refractivity contribution in [2.75, 3.05) is 13.1 Å². The van der Waals surface area contributed by atoms with Crippen molar-refractivity contribution < 1.29 is 9.32 Å². The predicted octanol–water partition coefficient (Wildman–Crippen LogP) is 0.775. The molecule has 0 aromatic carbocycles. The first-order chi connectivity index (χ1) is 7.81. The molecular formula is C11H17N3O2. The number of amides is 1. The number of nitrogens with zero attached hydrogens (tertiary/aromatic N) is 2. The van der Waals surface area contributed by atoms with Crippen LogP contribution in [0, 0.1) is 0 Å². The fraction of sp³-hybridized carbons (Fsp3) is 0.636. The molecule has 1 aliphatic heterocycles. The van der Waals surface area contributed by atoms with Crippen LogP contribution in [0.15, 0.2) is 16.9 Å². The van der Waals surface area contributed by atoms with E-state index >= 15 is 0 Å². The van der Waals surface area contributed by atoms with Gasteiger partial charge in [0.15, 0.2) is 0 Å². The topological polar surface area (TPSA) is 58.4 Å². The minimum absolute atomic E-state index is 0.0225.